The SMILES string of the molecule is C[C@@H]1SCCN(C(=O)CCOCC(F)(F)C(F)F)[C@@H]1C. The number of rotatable bonds is 6. The zero-order valence-corrected chi connectivity index (χ0v) is 12.3. The van der Waals surface area contributed by atoms with Crippen LogP contribution in [0.1, 0.15) is 20.3 Å². The van der Waals surface area contributed by atoms with Gasteiger partial charge in [-0.15, -0.1) is 0 Å². The summed E-state index contributed by atoms with van der Waals surface area (Å²) in [7, 11) is 0. The Kier molecular flexibility index (Phi) is 6.57. The van der Waals surface area contributed by atoms with Crippen molar-refractivity contribution in [3.63, 3.8) is 0 Å². The van der Waals surface area contributed by atoms with E-state index < -0.39 is 19.0 Å². The van der Waals surface area contributed by atoms with Crippen LogP contribution in [0.4, 0.5) is 17.6 Å². The van der Waals surface area contributed by atoms with Crippen molar-refractivity contribution >= 4 is 17.7 Å². The van der Waals surface area contributed by atoms with Crippen LogP contribution in [0.3, 0.4) is 0 Å². The van der Waals surface area contributed by atoms with Crippen molar-refractivity contribution in [3.8, 4) is 0 Å². The van der Waals surface area contributed by atoms with Gasteiger partial charge in [-0.3, -0.25) is 4.79 Å². The molecule has 0 spiro atoms. The van der Waals surface area contributed by atoms with Crippen LogP contribution in [-0.2, 0) is 9.53 Å². The third-order valence-corrected chi connectivity index (χ3v) is 4.62. The average Bonchev–Trinajstić information content (AvgIpc) is 2.37. The Morgan fingerprint density at radius 2 is 2.10 bits per heavy atom. The zero-order chi connectivity index (χ0) is 15.3. The summed E-state index contributed by atoms with van der Waals surface area (Å²) >= 11 is 1.77. The predicted molar refractivity (Wildman–Crippen MR) is 69.5 cm³/mol. The van der Waals surface area contributed by atoms with Gasteiger partial charge in [0.2, 0.25) is 5.91 Å². The van der Waals surface area contributed by atoms with Gasteiger partial charge in [0, 0.05) is 23.6 Å². The van der Waals surface area contributed by atoms with E-state index in [4.69, 9.17) is 0 Å². The maximum absolute atomic E-state index is 12.6. The van der Waals surface area contributed by atoms with Crippen LogP contribution in [0.15, 0.2) is 0 Å². The molecular weight excluding hydrogens is 298 g/mol. The molecule has 1 amide bonds. The fraction of sp³-hybridized carbons (Fsp3) is 0.917. The van der Waals surface area contributed by atoms with E-state index in [1.165, 1.54) is 0 Å². The zero-order valence-electron chi connectivity index (χ0n) is 11.5. The number of amides is 1. The summed E-state index contributed by atoms with van der Waals surface area (Å²) in [5, 5.41) is 0.316. The second-order valence-corrected chi connectivity index (χ2v) is 6.25. The summed E-state index contributed by atoms with van der Waals surface area (Å²) in [6.45, 7) is 2.93. The molecule has 0 aromatic rings. The molecule has 2 atom stereocenters. The van der Waals surface area contributed by atoms with E-state index in [2.05, 4.69) is 4.74 Å². The van der Waals surface area contributed by atoms with Crippen LogP contribution in [0.25, 0.3) is 0 Å². The number of thioether (sulfide) groups is 1. The van der Waals surface area contributed by atoms with Gasteiger partial charge >= 0.3 is 12.3 Å². The summed E-state index contributed by atoms with van der Waals surface area (Å²) in [6.07, 6.45) is -3.82. The molecule has 0 bridgehead atoms. The molecule has 1 saturated heterocycles. The third-order valence-electron chi connectivity index (χ3n) is 3.28. The van der Waals surface area contributed by atoms with Crippen molar-refractivity contribution in [2.24, 2.45) is 0 Å². The molecule has 3 nitrogen and oxygen atoms in total. The Bertz CT molecular complexity index is 331. The molecule has 0 aromatic carbocycles. The van der Waals surface area contributed by atoms with Crippen LogP contribution in [0.5, 0.6) is 0 Å². The van der Waals surface area contributed by atoms with E-state index in [9.17, 15) is 22.4 Å². The van der Waals surface area contributed by atoms with Crippen molar-refractivity contribution in [2.45, 2.75) is 43.9 Å². The topological polar surface area (TPSA) is 29.5 Å². The first-order valence-electron chi connectivity index (χ1n) is 6.40. The van der Waals surface area contributed by atoms with Crippen molar-refractivity contribution in [1.29, 1.82) is 0 Å². The Balaban J connectivity index is 2.30. The number of hydrogen-bond acceptors (Lipinski definition) is 3. The molecule has 1 heterocycles. The molecular formula is C12H19F4NO2S. The fourth-order valence-electron chi connectivity index (χ4n) is 1.86. The molecule has 0 saturated carbocycles. The van der Waals surface area contributed by atoms with E-state index in [-0.39, 0.29) is 25.0 Å². The highest BCUT2D eigenvalue weighted by atomic mass is 32.2. The third kappa shape index (κ3) is 4.80. The summed E-state index contributed by atoms with van der Waals surface area (Å²) in [5.74, 6) is -3.52. The Labute approximate surface area is 120 Å². The molecule has 1 rings (SSSR count). The van der Waals surface area contributed by atoms with Crippen LogP contribution in [0, 0.1) is 0 Å². The Morgan fingerprint density at radius 1 is 1.45 bits per heavy atom. The molecule has 0 aromatic heterocycles. The number of ether oxygens (including phenoxy) is 1. The standard InChI is InChI=1S/C12H19F4NO2S/c1-8-9(2)20-6-4-17(8)10(18)3-5-19-7-12(15,16)11(13)14/h8-9,11H,3-7H2,1-2H3/t8-,9+/m1/s1. The van der Waals surface area contributed by atoms with E-state index in [1.54, 1.807) is 16.7 Å². The summed E-state index contributed by atoms with van der Waals surface area (Å²) < 4.78 is 53.4. The predicted octanol–water partition coefficient (Wildman–Crippen LogP) is 2.65. The van der Waals surface area contributed by atoms with E-state index >= 15 is 0 Å². The lowest BCUT2D eigenvalue weighted by Crippen LogP contribution is -2.48. The van der Waals surface area contributed by atoms with Crippen LogP contribution in [0.2, 0.25) is 0 Å². The first kappa shape index (κ1) is 17.6. The highest BCUT2D eigenvalue weighted by Crippen LogP contribution is 2.25. The van der Waals surface area contributed by atoms with Crippen LogP contribution < -0.4 is 0 Å². The highest BCUT2D eigenvalue weighted by Gasteiger charge is 2.41. The summed E-state index contributed by atoms with van der Waals surface area (Å²) in [4.78, 5) is 13.6. The van der Waals surface area contributed by atoms with Gasteiger partial charge in [-0.25, -0.2) is 8.78 Å². The number of carbonyl (C=O) groups excluding carboxylic acids is 1. The molecule has 1 fully saturated rings. The lowest BCUT2D eigenvalue weighted by atomic mass is 10.2. The van der Waals surface area contributed by atoms with Crippen molar-refractivity contribution < 1.29 is 27.1 Å². The van der Waals surface area contributed by atoms with Crippen LogP contribution in [-0.4, -0.2) is 60.0 Å². The molecule has 118 valence electrons. The first-order chi connectivity index (χ1) is 9.25. The van der Waals surface area contributed by atoms with Crippen LogP contribution >= 0.6 is 11.8 Å². The van der Waals surface area contributed by atoms with Gasteiger partial charge in [-0.2, -0.15) is 20.5 Å². The van der Waals surface area contributed by atoms with Gasteiger partial charge in [0.1, 0.15) is 6.61 Å². The molecule has 1 aliphatic rings. The maximum Gasteiger partial charge on any atom is 0.330 e. The summed E-state index contributed by atoms with van der Waals surface area (Å²) in [5.41, 5.74) is 0. The van der Waals surface area contributed by atoms with Crippen molar-refractivity contribution in [3.05, 3.63) is 0 Å². The lowest BCUT2D eigenvalue weighted by Gasteiger charge is -2.37. The fourth-order valence-corrected chi connectivity index (χ4v) is 2.96. The second-order valence-electron chi connectivity index (χ2n) is 4.77. The number of hydrogen-bond donors (Lipinski definition) is 0. The van der Waals surface area contributed by atoms with Gasteiger partial charge in [-0.05, 0) is 6.92 Å². The first-order valence-corrected chi connectivity index (χ1v) is 7.45. The lowest BCUT2D eigenvalue weighted by molar-refractivity contribution is -0.167. The van der Waals surface area contributed by atoms with Gasteiger partial charge < -0.3 is 9.64 Å². The number of halogens is 4. The smallest absolute Gasteiger partial charge is 0.330 e. The minimum Gasteiger partial charge on any atom is -0.374 e. The number of alkyl halides is 4. The Morgan fingerprint density at radius 3 is 2.70 bits per heavy atom. The van der Waals surface area contributed by atoms with Gasteiger partial charge in [0.25, 0.3) is 0 Å². The average molecular weight is 317 g/mol. The maximum atomic E-state index is 12.6. The minimum absolute atomic E-state index is 0.0684. The summed E-state index contributed by atoms with van der Waals surface area (Å²) in [6, 6.07) is 0.0729. The second kappa shape index (κ2) is 7.49. The molecule has 0 unspecified atom stereocenters. The quantitative estimate of drug-likeness (QED) is 0.557. The normalized spacial score (nSPS) is 24.2. The van der Waals surface area contributed by atoms with Gasteiger partial charge in [0.15, 0.2) is 0 Å². The van der Waals surface area contributed by atoms with Crippen molar-refractivity contribution in [1.82, 2.24) is 4.90 Å². The molecule has 0 aliphatic carbocycles. The highest BCUT2D eigenvalue weighted by molar-refractivity contribution is 8.00. The largest absolute Gasteiger partial charge is 0.374 e. The number of carbonyl (C=O) groups is 1. The van der Waals surface area contributed by atoms with Gasteiger partial charge in [0.05, 0.1) is 13.0 Å². The van der Waals surface area contributed by atoms with Crippen molar-refractivity contribution in [2.75, 3.05) is 25.5 Å². The monoisotopic (exact) mass is 317 g/mol. The molecule has 0 radical (unpaired) electrons. The van der Waals surface area contributed by atoms with E-state index in [1.807, 2.05) is 13.8 Å². The van der Waals surface area contributed by atoms with Gasteiger partial charge in [-0.1, -0.05) is 6.92 Å². The van der Waals surface area contributed by atoms with E-state index in [0.717, 1.165) is 5.75 Å². The van der Waals surface area contributed by atoms with E-state index in [0.29, 0.717) is 11.8 Å². The Hall–Kier alpha value is -0.500. The molecule has 20 heavy (non-hydrogen) atoms. The molecule has 1 aliphatic heterocycles. The molecule has 0 N–H and O–H groups in total. The number of nitrogens with zero attached hydrogens (tertiary/aromatic N) is 1. The minimum atomic E-state index is -4.16. The molecule has 8 heteroatoms.